The van der Waals surface area contributed by atoms with Crippen molar-refractivity contribution in [3.63, 3.8) is 0 Å². The van der Waals surface area contributed by atoms with Gasteiger partial charge in [0.2, 0.25) is 12.0 Å². The highest BCUT2D eigenvalue weighted by Gasteiger charge is 2.34. The molecule has 2 atom stereocenters. The number of amides is 4. The maximum absolute atomic E-state index is 12.9. The molecule has 0 bridgehead atoms. The minimum absolute atomic E-state index is 0.109. The van der Waals surface area contributed by atoms with Crippen LogP contribution in [0.5, 0.6) is 11.5 Å². The van der Waals surface area contributed by atoms with Gasteiger partial charge in [0.15, 0.2) is 11.5 Å². The molecular formula is C22H30N4O5. The van der Waals surface area contributed by atoms with E-state index in [0.717, 1.165) is 25.7 Å². The Bertz CT molecular complexity index is 818. The number of para-hydroxylation sites is 2. The second-order valence-corrected chi connectivity index (χ2v) is 8.35. The van der Waals surface area contributed by atoms with E-state index in [1.54, 1.807) is 17.9 Å². The fourth-order valence-electron chi connectivity index (χ4n) is 4.35. The van der Waals surface area contributed by atoms with Gasteiger partial charge >= 0.3 is 6.03 Å². The van der Waals surface area contributed by atoms with E-state index in [9.17, 15) is 14.4 Å². The van der Waals surface area contributed by atoms with Gasteiger partial charge in [-0.3, -0.25) is 19.8 Å². The largest absolute Gasteiger partial charge is 0.485 e. The van der Waals surface area contributed by atoms with Crippen LogP contribution in [0, 0.1) is 0 Å². The summed E-state index contributed by atoms with van der Waals surface area (Å²) in [6, 6.07) is 6.59. The number of ether oxygens (including phenoxy) is 2. The third-order valence-corrected chi connectivity index (χ3v) is 6.26. The lowest BCUT2D eigenvalue weighted by Gasteiger charge is -2.39. The molecule has 0 radical (unpaired) electrons. The number of fused-ring (bicyclic) bond motifs is 1. The molecule has 1 saturated heterocycles. The predicted octanol–water partition coefficient (Wildman–Crippen LogP) is 1.13. The van der Waals surface area contributed by atoms with E-state index >= 15 is 0 Å². The Morgan fingerprint density at radius 2 is 1.71 bits per heavy atom. The Labute approximate surface area is 182 Å². The van der Waals surface area contributed by atoms with Gasteiger partial charge in [-0.05, 0) is 31.9 Å². The minimum Gasteiger partial charge on any atom is -0.485 e. The summed E-state index contributed by atoms with van der Waals surface area (Å²) < 4.78 is 11.5. The molecule has 31 heavy (non-hydrogen) atoms. The number of hydrogen-bond acceptors (Lipinski definition) is 6. The molecule has 0 spiro atoms. The van der Waals surface area contributed by atoms with Crippen LogP contribution in [0.4, 0.5) is 4.79 Å². The molecule has 1 aliphatic carbocycles. The van der Waals surface area contributed by atoms with Gasteiger partial charge in [0.1, 0.15) is 6.61 Å². The Balaban J connectivity index is 1.23. The number of urea groups is 1. The van der Waals surface area contributed by atoms with E-state index in [1.807, 2.05) is 23.1 Å². The van der Waals surface area contributed by atoms with Gasteiger partial charge in [-0.1, -0.05) is 25.0 Å². The zero-order valence-electron chi connectivity index (χ0n) is 17.8. The van der Waals surface area contributed by atoms with Gasteiger partial charge in [-0.2, -0.15) is 0 Å². The van der Waals surface area contributed by atoms with Crippen LogP contribution >= 0.6 is 0 Å². The summed E-state index contributed by atoms with van der Waals surface area (Å²) in [5.41, 5.74) is 0. The van der Waals surface area contributed by atoms with E-state index in [-0.39, 0.29) is 24.5 Å². The SMILES string of the molecule is CC(C(=O)NC(=O)NC1CCCC1)N1CCN(C(=O)C2COc3ccccc3O2)CC1. The summed E-state index contributed by atoms with van der Waals surface area (Å²) >= 11 is 0. The molecule has 2 heterocycles. The number of benzene rings is 1. The van der Waals surface area contributed by atoms with Crippen LogP contribution in [0.1, 0.15) is 32.6 Å². The molecule has 1 aromatic rings. The molecule has 4 amide bonds. The Morgan fingerprint density at radius 3 is 2.42 bits per heavy atom. The van der Waals surface area contributed by atoms with Crippen LogP contribution in [0.3, 0.4) is 0 Å². The number of hydrogen-bond donors (Lipinski definition) is 2. The molecular weight excluding hydrogens is 400 g/mol. The van der Waals surface area contributed by atoms with Gasteiger partial charge in [-0.15, -0.1) is 0 Å². The van der Waals surface area contributed by atoms with E-state index in [2.05, 4.69) is 10.6 Å². The highest BCUT2D eigenvalue weighted by atomic mass is 16.6. The van der Waals surface area contributed by atoms with Crippen molar-refractivity contribution in [2.24, 2.45) is 0 Å². The summed E-state index contributed by atoms with van der Waals surface area (Å²) in [6.45, 7) is 4.05. The number of nitrogens with one attached hydrogen (secondary N) is 2. The normalized spacial score (nSPS) is 22.6. The lowest BCUT2D eigenvalue weighted by molar-refractivity contribution is -0.143. The summed E-state index contributed by atoms with van der Waals surface area (Å²) in [7, 11) is 0. The van der Waals surface area contributed by atoms with Crippen LogP contribution in [0.25, 0.3) is 0 Å². The van der Waals surface area contributed by atoms with Gasteiger partial charge in [-0.25, -0.2) is 4.79 Å². The van der Waals surface area contributed by atoms with Crippen molar-refractivity contribution in [2.75, 3.05) is 32.8 Å². The van der Waals surface area contributed by atoms with Gasteiger partial charge in [0, 0.05) is 32.2 Å². The third kappa shape index (κ3) is 5.10. The van der Waals surface area contributed by atoms with E-state index in [1.165, 1.54) is 0 Å². The fourth-order valence-corrected chi connectivity index (χ4v) is 4.35. The standard InChI is InChI=1S/C22H30N4O5/c1-15(20(27)24-22(29)23-16-6-2-3-7-16)25-10-12-26(13-11-25)21(28)19-14-30-17-8-4-5-9-18(17)31-19/h4-5,8-9,15-16,19H,2-3,6-7,10-14H2,1H3,(H2,23,24,27,29). The first-order chi connectivity index (χ1) is 15.0. The molecule has 2 unspecified atom stereocenters. The van der Waals surface area contributed by atoms with Crippen LogP contribution in [-0.4, -0.2) is 78.6 Å². The van der Waals surface area contributed by atoms with Crippen molar-refractivity contribution in [2.45, 2.75) is 50.8 Å². The zero-order chi connectivity index (χ0) is 21.8. The molecule has 168 valence electrons. The first-order valence-electron chi connectivity index (χ1n) is 11.0. The predicted molar refractivity (Wildman–Crippen MR) is 113 cm³/mol. The average molecular weight is 431 g/mol. The average Bonchev–Trinajstić information content (AvgIpc) is 3.30. The fraction of sp³-hybridized carbons (Fsp3) is 0.591. The third-order valence-electron chi connectivity index (χ3n) is 6.26. The number of rotatable bonds is 4. The van der Waals surface area contributed by atoms with Crippen LogP contribution in [0.15, 0.2) is 24.3 Å². The maximum Gasteiger partial charge on any atom is 0.321 e. The van der Waals surface area contributed by atoms with E-state index in [4.69, 9.17) is 9.47 Å². The highest BCUT2D eigenvalue weighted by Crippen LogP contribution is 2.31. The Morgan fingerprint density at radius 1 is 1.03 bits per heavy atom. The molecule has 4 rings (SSSR count). The molecule has 0 aromatic heterocycles. The number of carbonyl (C=O) groups is 3. The number of carbonyl (C=O) groups excluding carboxylic acids is 3. The van der Waals surface area contributed by atoms with Gasteiger partial charge < -0.3 is 19.7 Å². The molecule has 2 N–H and O–H groups in total. The van der Waals surface area contributed by atoms with Crippen molar-refractivity contribution >= 4 is 17.8 Å². The molecule has 3 aliphatic rings. The molecule has 9 heteroatoms. The van der Waals surface area contributed by atoms with Crippen LogP contribution < -0.4 is 20.1 Å². The summed E-state index contributed by atoms with van der Waals surface area (Å²) in [6.07, 6.45) is 3.50. The zero-order valence-corrected chi connectivity index (χ0v) is 17.8. The summed E-state index contributed by atoms with van der Waals surface area (Å²) in [5, 5.41) is 5.32. The molecule has 2 aliphatic heterocycles. The number of nitrogens with zero attached hydrogens (tertiary/aromatic N) is 2. The van der Waals surface area contributed by atoms with Gasteiger partial charge in [0.05, 0.1) is 6.04 Å². The second kappa shape index (κ2) is 9.55. The molecule has 9 nitrogen and oxygen atoms in total. The number of piperazine rings is 1. The smallest absolute Gasteiger partial charge is 0.321 e. The van der Waals surface area contributed by atoms with Crippen molar-refractivity contribution < 1.29 is 23.9 Å². The topological polar surface area (TPSA) is 100 Å². The van der Waals surface area contributed by atoms with Crippen molar-refractivity contribution in [1.29, 1.82) is 0 Å². The molecule has 1 saturated carbocycles. The second-order valence-electron chi connectivity index (χ2n) is 8.35. The lowest BCUT2D eigenvalue weighted by atomic mass is 10.2. The Kier molecular flexibility index (Phi) is 6.60. The maximum atomic E-state index is 12.9. The summed E-state index contributed by atoms with van der Waals surface area (Å²) in [4.78, 5) is 41.1. The molecule has 2 fully saturated rings. The highest BCUT2D eigenvalue weighted by molar-refractivity contribution is 5.96. The van der Waals surface area contributed by atoms with Crippen molar-refractivity contribution in [1.82, 2.24) is 20.4 Å². The van der Waals surface area contributed by atoms with E-state index in [0.29, 0.717) is 37.7 Å². The summed E-state index contributed by atoms with van der Waals surface area (Å²) in [5.74, 6) is 0.790. The Hall–Kier alpha value is -2.81. The van der Waals surface area contributed by atoms with Crippen molar-refractivity contribution in [3.8, 4) is 11.5 Å². The monoisotopic (exact) mass is 430 g/mol. The first-order valence-corrected chi connectivity index (χ1v) is 11.0. The van der Waals surface area contributed by atoms with Crippen LogP contribution in [0.2, 0.25) is 0 Å². The number of imide groups is 1. The quantitative estimate of drug-likeness (QED) is 0.743. The first kappa shape index (κ1) is 21.4. The van der Waals surface area contributed by atoms with Gasteiger partial charge in [0.25, 0.3) is 5.91 Å². The van der Waals surface area contributed by atoms with Crippen molar-refractivity contribution in [3.05, 3.63) is 24.3 Å². The lowest BCUT2D eigenvalue weighted by Crippen LogP contribution is -2.58. The van der Waals surface area contributed by atoms with Crippen LogP contribution in [-0.2, 0) is 9.59 Å². The minimum atomic E-state index is -0.665. The molecule has 1 aromatic carbocycles. The van der Waals surface area contributed by atoms with E-state index < -0.39 is 18.2 Å².